The fourth-order valence-corrected chi connectivity index (χ4v) is 22.5. The van der Waals surface area contributed by atoms with Crippen molar-refractivity contribution >= 4 is 182 Å². The van der Waals surface area contributed by atoms with Gasteiger partial charge in [-0.1, -0.05) is 328 Å². The van der Waals surface area contributed by atoms with Crippen molar-refractivity contribution in [1.82, 2.24) is 4.57 Å². The van der Waals surface area contributed by atoms with Gasteiger partial charge in [0.15, 0.2) is 0 Å². The molecule has 25 rings (SSSR count). The molecule has 0 unspecified atom stereocenters. The van der Waals surface area contributed by atoms with Crippen molar-refractivity contribution in [2.24, 2.45) is 0 Å². The van der Waals surface area contributed by atoms with E-state index >= 15 is 0 Å². The summed E-state index contributed by atoms with van der Waals surface area (Å²) in [6.45, 7) is 0. The molecule has 0 aliphatic carbocycles. The normalized spacial score (nSPS) is 12.1. The molecule has 3 aromatic heterocycles. The Kier molecular flexibility index (Phi) is 14.6. The molecule has 0 saturated heterocycles. The van der Waals surface area contributed by atoms with E-state index in [4.69, 9.17) is 0 Å². The lowest BCUT2D eigenvalue weighted by atomic mass is 9.87. The molecule has 540 valence electrons. The van der Waals surface area contributed by atoms with Crippen LogP contribution in [-0.2, 0) is 0 Å². The number of para-hydroxylation sites is 2. The van der Waals surface area contributed by atoms with E-state index < -0.39 is 0 Å². The zero-order valence-electron chi connectivity index (χ0n) is 63.4. The maximum absolute atomic E-state index is 2.51. The number of nitrogens with zero attached hydrogens (tertiary/aromatic N) is 1. The van der Waals surface area contributed by atoms with Crippen LogP contribution in [0.15, 0.2) is 406 Å². The van der Waals surface area contributed by atoms with Crippen molar-refractivity contribution in [2.45, 2.75) is 0 Å². The highest BCUT2D eigenvalue weighted by molar-refractivity contribution is 7.27. The summed E-state index contributed by atoms with van der Waals surface area (Å²) in [6.07, 6.45) is 0. The van der Waals surface area contributed by atoms with Crippen LogP contribution in [0.4, 0.5) is 0 Å². The van der Waals surface area contributed by atoms with Gasteiger partial charge in [-0.05, 0) is 254 Å². The molecule has 0 spiro atoms. The minimum Gasteiger partial charge on any atom is -0.309 e. The highest BCUT2D eigenvalue weighted by Crippen LogP contribution is 2.52. The average Bonchev–Trinajstić information content (AvgIpc) is 1.73. The summed E-state index contributed by atoms with van der Waals surface area (Å²) in [4.78, 5) is 0. The second-order valence-electron chi connectivity index (χ2n) is 31.5. The number of hydrogen-bond donors (Lipinski definition) is 0. The molecule has 0 atom stereocenters. The molecule has 0 bridgehead atoms. The second-order valence-corrected chi connectivity index (χ2v) is 33.6. The first-order valence-electron chi connectivity index (χ1n) is 40.4. The van der Waals surface area contributed by atoms with Crippen LogP contribution in [0.1, 0.15) is 0 Å². The number of fused-ring (bicyclic) bond motifs is 27. The maximum atomic E-state index is 2.51. The molecule has 0 radical (unpaired) electrons. The molecular weight excluding hydrogens is 1450 g/mol. The van der Waals surface area contributed by atoms with Crippen molar-refractivity contribution in [2.75, 3.05) is 0 Å². The third kappa shape index (κ3) is 10.2. The number of rotatable bonds is 9. The zero-order valence-corrected chi connectivity index (χ0v) is 65.1. The Morgan fingerprint density at radius 2 is 0.453 bits per heavy atom. The van der Waals surface area contributed by atoms with Gasteiger partial charge in [0.2, 0.25) is 0 Å². The van der Waals surface area contributed by atoms with Crippen molar-refractivity contribution < 1.29 is 0 Å². The molecule has 0 aliphatic rings. The minimum atomic E-state index is 1.13. The van der Waals surface area contributed by atoms with E-state index in [1.807, 2.05) is 22.7 Å². The van der Waals surface area contributed by atoms with Crippen LogP contribution < -0.4 is 0 Å². The van der Waals surface area contributed by atoms with Crippen LogP contribution in [0.25, 0.3) is 254 Å². The lowest BCUT2D eigenvalue weighted by Gasteiger charge is -2.17. The molecule has 0 aliphatic heterocycles. The van der Waals surface area contributed by atoms with Gasteiger partial charge in [0.1, 0.15) is 0 Å². The summed E-state index contributed by atoms with van der Waals surface area (Å²) >= 11 is 3.83. The molecule has 3 heteroatoms. The summed E-state index contributed by atoms with van der Waals surface area (Å²) < 4.78 is 7.52. The van der Waals surface area contributed by atoms with Crippen molar-refractivity contribution in [3.05, 3.63) is 406 Å². The summed E-state index contributed by atoms with van der Waals surface area (Å²) in [5.41, 5.74) is 22.5. The van der Waals surface area contributed by atoms with E-state index in [2.05, 4.69) is 411 Å². The Balaban J connectivity index is 0.670. The number of thiophene rings is 2. The number of hydrogen-bond acceptors (Lipinski definition) is 2. The van der Waals surface area contributed by atoms with Crippen LogP contribution in [0.5, 0.6) is 0 Å². The van der Waals surface area contributed by atoms with Gasteiger partial charge in [0.25, 0.3) is 0 Å². The molecule has 3 heterocycles. The topological polar surface area (TPSA) is 4.93 Å². The van der Waals surface area contributed by atoms with Gasteiger partial charge in [-0.25, -0.2) is 0 Å². The fraction of sp³-hybridized carbons (Fsp3) is 0. The predicted octanol–water partition coefficient (Wildman–Crippen LogP) is 33.2. The molecule has 117 heavy (non-hydrogen) atoms. The maximum Gasteiger partial charge on any atom is 0.0541 e. The number of benzene rings is 22. The predicted molar refractivity (Wildman–Crippen MR) is 508 cm³/mol. The molecule has 0 amide bonds. The van der Waals surface area contributed by atoms with E-state index in [9.17, 15) is 0 Å². The van der Waals surface area contributed by atoms with Gasteiger partial charge in [0.05, 0.1) is 11.0 Å². The summed E-state index contributed by atoms with van der Waals surface area (Å²) in [6, 6.07) is 154. The van der Waals surface area contributed by atoms with E-state index in [1.165, 1.54) is 237 Å². The molecule has 22 aromatic carbocycles. The Bertz CT molecular complexity index is 8420. The fourth-order valence-electron chi connectivity index (χ4n) is 20.0. The monoisotopic (exact) mass is 1510 g/mol. The summed E-state index contributed by atoms with van der Waals surface area (Å²) in [5.74, 6) is 0. The van der Waals surface area contributed by atoms with Gasteiger partial charge in [0, 0.05) is 67.9 Å². The third-order valence-corrected chi connectivity index (χ3v) is 27.9. The molecule has 1 nitrogen and oxygen atoms in total. The summed E-state index contributed by atoms with van der Waals surface area (Å²) in [7, 11) is 0. The molecule has 25 aromatic rings. The Hall–Kier alpha value is -14.6. The lowest BCUT2D eigenvalue weighted by molar-refractivity contribution is 1.18. The summed E-state index contributed by atoms with van der Waals surface area (Å²) in [5, 5.41) is 30.4. The first-order valence-corrected chi connectivity index (χ1v) is 42.0. The highest BCUT2D eigenvalue weighted by atomic mass is 32.1. The average molecular weight is 1510 g/mol. The SMILES string of the molecule is c1cc(-c2ccc(-c3ccc4c5ccccc5c5ccccc5c4c3)cc2-c2ccc(-n3c4ccccc4c4ccccc43)cc2)cc(-c2cccc3c2sc2c(-c4cc(-c5ccc6c7ccccc7c7ccccc7c6c5)ccc4-c4cc(-c5ccc6c7ccccc7c7ccccc7c6c5)c5sc6ccccc6c5c4)cccc23)c1. The molecule has 0 saturated carbocycles. The van der Waals surface area contributed by atoms with E-state index in [0.29, 0.717) is 0 Å². The van der Waals surface area contributed by atoms with Crippen molar-refractivity contribution in [3.8, 4) is 94.7 Å². The van der Waals surface area contributed by atoms with Crippen LogP contribution in [0.2, 0.25) is 0 Å². The Morgan fingerprint density at radius 1 is 0.137 bits per heavy atom. The first-order chi connectivity index (χ1) is 58.0. The van der Waals surface area contributed by atoms with Gasteiger partial charge in [-0.3, -0.25) is 0 Å². The van der Waals surface area contributed by atoms with Gasteiger partial charge in [-0.2, -0.15) is 0 Å². The van der Waals surface area contributed by atoms with E-state index in [1.54, 1.807) is 0 Å². The first kappa shape index (κ1) is 65.9. The Morgan fingerprint density at radius 3 is 0.957 bits per heavy atom. The van der Waals surface area contributed by atoms with Crippen LogP contribution >= 0.6 is 22.7 Å². The third-order valence-electron chi connectivity index (χ3n) is 25.4. The van der Waals surface area contributed by atoms with Crippen LogP contribution in [0.3, 0.4) is 0 Å². The molecular formula is C114H67NS2. The van der Waals surface area contributed by atoms with Crippen molar-refractivity contribution in [1.29, 1.82) is 0 Å². The highest BCUT2D eigenvalue weighted by Gasteiger charge is 2.24. The smallest absolute Gasteiger partial charge is 0.0541 e. The van der Waals surface area contributed by atoms with Crippen LogP contribution in [-0.4, -0.2) is 4.57 Å². The van der Waals surface area contributed by atoms with Gasteiger partial charge >= 0.3 is 0 Å². The zero-order chi connectivity index (χ0) is 76.5. The Labute approximate surface area is 682 Å². The second kappa shape index (κ2) is 26.0. The molecule has 0 N–H and O–H groups in total. The minimum absolute atomic E-state index is 1.13. The molecule has 0 fully saturated rings. The van der Waals surface area contributed by atoms with Crippen molar-refractivity contribution in [3.63, 3.8) is 0 Å². The van der Waals surface area contributed by atoms with Gasteiger partial charge in [-0.15, -0.1) is 22.7 Å². The quantitative estimate of drug-likeness (QED) is 0.127. The van der Waals surface area contributed by atoms with Crippen LogP contribution in [0, 0.1) is 0 Å². The van der Waals surface area contributed by atoms with E-state index in [0.717, 1.165) is 16.8 Å². The largest absolute Gasteiger partial charge is 0.309 e. The number of aromatic nitrogens is 1. The van der Waals surface area contributed by atoms with Gasteiger partial charge < -0.3 is 4.57 Å². The lowest BCUT2D eigenvalue weighted by Crippen LogP contribution is -1.94. The van der Waals surface area contributed by atoms with E-state index in [-0.39, 0.29) is 0 Å². The standard InChI is InChI=1S/C114H67NS2/c1-4-30-87-81(24-1)84-27-7-10-33-90(84)105-63-71(50-57-93(87)105)69-48-55-78(102(61-69)68-46-53-77(54-47-68)115-109-43-16-13-36-96(109)97-37-14-17-44-110(97)115)73-22-19-23-74(60-73)80-39-20-40-99-100-41-21-42-101(113(100)117-112(80)99)104-62-70(72-51-58-94-88-31-5-2-25-82(88)85-28-8-11-34-91(85)106(94)64-72)49-56-79(104)76-66-103(114-108(67-76)98-38-15-18-45-111(98)116-114)75-52-59-95-89-32-6-3-26-83(89)86-29-9-12-35-92(86)107(95)65-75/h1-67H.